The van der Waals surface area contributed by atoms with E-state index in [4.69, 9.17) is 18.9 Å². The predicted octanol–water partition coefficient (Wildman–Crippen LogP) is 1.40. The summed E-state index contributed by atoms with van der Waals surface area (Å²) >= 11 is 0. The quantitative estimate of drug-likeness (QED) is 0.205. The second-order valence-corrected chi connectivity index (χ2v) is 9.63. The molecule has 2 aromatic carbocycles. The van der Waals surface area contributed by atoms with Crippen molar-refractivity contribution in [2.75, 3.05) is 53.6 Å². The number of fused-ring (bicyclic) bond motifs is 1. The minimum absolute atomic E-state index is 0.0810. The molecule has 0 aromatic heterocycles. The number of quaternary nitrogens is 1. The Labute approximate surface area is 223 Å². The van der Waals surface area contributed by atoms with Crippen LogP contribution < -0.4 is 29.0 Å². The lowest BCUT2D eigenvalue weighted by Crippen LogP contribution is -3.06. The van der Waals surface area contributed by atoms with Gasteiger partial charge in [-0.2, -0.15) is 0 Å². The zero-order valence-electron chi connectivity index (χ0n) is 22.5. The van der Waals surface area contributed by atoms with E-state index in [0.29, 0.717) is 68.1 Å². The summed E-state index contributed by atoms with van der Waals surface area (Å²) in [6.45, 7) is 6.64. The lowest BCUT2D eigenvalue weighted by atomic mass is 9.94. The highest BCUT2D eigenvalue weighted by Gasteiger charge is 2.44. The molecule has 0 bridgehead atoms. The van der Waals surface area contributed by atoms with Gasteiger partial charge in [0.1, 0.15) is 13.2 Å². The monoisotopic (exact) mass is 524 g/mol. The predicted molar refractivity (Wildman–Crippen MR) is 140 cm³/mol. The minimum atomic E-state index is -0.848. The van der Waals surface area contributed by atoms with E-state index < -0.39 is 23.5 Å². The Morgan fingerprint density at radius 1 is 1.03 bits per heavy atom. The van der Waals surface area contributed by atoms with E-state index in [2.05, 4.69) is 6.92 Å². The van der Waals surface area contributed by atoms with Gasteiger partial charge in [-0.25, -0.2) is 0 Å². The molecule has 0 spiro atoms. The number of likely N-dealkylation sites (tertiary alicyclic amines) is 1. The van der Waals surface area contributed by atoms with E-state index in [9.17, 15) is 14.7 Å². The van der Waals surface area contributed by atoms with Crippen LogP contribution in [-0.2, 0) is 9.59 Å². The number of likely N-dealkylation sites (N-methyl/N-ethyl adjacent to an activating group) is 1. The Hall–Kier alpha value is -3.72. The van der Waals surface area contributed by atoms with Gasteiger partial charge in [-0.15, -0.1) is 0 Å². The number of Topliss-reactive ketones (excluding diaryl/α,β-unsaturated/α-hetero) is 1. The van der Waals surface area contributed by atoms with Crippen molar-refractivity contribution in [3.63, 3.8) is 0 Å². The molecule has 204 valence electrons. The number of ether oxygens (including phenoxy) is 4. The SMILES string of the molecule is CCCCOc1ccc(C2C(=C([O-])c3ccc4c(c3)OCCO4)C(=O)C(=O)N2CC[NH+](C)C)cc1OCC. The fourth-order valence-corrected chi connectivity index (χ4v) is 4.54. The van der Waals surface area contributed by atoms with Crippen LogP contribution in [0.25, 0.3) is 5.76 Å². The highest BCUT2D eigenvalue weighted by molar-refractivity contribution is 6.46. The smallest absolute Gasteiger partial charge is 0.295 e. The average Bonchev–Trinajstić information content (AvgIpc) is 3.17. The molecular formula is C29H36N2O7. The molecule has 2 aliphatic heterocycles. The number of rotatable bonds is 11. The highest BCUT2D eigenvalue weighted by atomic mass is 16.6. The lowest BCUT2D eigenvalue weighted by Gasteiger charge is -2.28. The first kappa shape index (κ1) is 27.3. The summed E-state index contributed by atoms with van der Waals surface area (Å²) in [5.41, 5.74) is 0.799. The zero-order chi connectivity index (χ0) is 27.2. The first-order chi connectivity index (χ1) is 18.3. The van der Waals surface area contributed by atoms with Gasteiger partial charge < -0.3 is 33.9 Å². The minimum Gasteiger partial charge on any atom is -0.872 e. The van der Waals surface area contributed by atoms with Gasteiger partial charge in [0.25, 0.3) is 5.91 Å². The molecule has 1 amide bonds. The maximum Gasteiger partial charge on any atom is 0.295 e. The normalized spacial score (nSPS) is 18.2. The fraction of sp³-hybridized carbons (Fsp3) is 0.448. The first-order valence-corrected chi connectivity index (χ1v) is 13.2. The number of hydrogen-bond acceptors (Lipinski definition) is 7. The largest absolute Gasteiger partial charge is 0.872 e. The third-order valence-electron chi connectivity index (χ3n) is 6.53. The summed E-state index contributed by atoms with van der Waals surface area (Å²) in [6.07, 6.45) is 1.90. The summed E-state index contributed by atoms with van der Waals surface area (Å²) in [5.74, 6) is 0.102. The van der Waals surface area contributed by atoms with E-state index in [1.54, 1.807) is 36.4 Å². The van der Waals surface area contributed by atoms with Crippen LogP contribution in [0.15, 0.2) is 42.0 Å². The summed E-state index contributed by atoms with van der Waals surface area (Å²) in [4.78, 5) is 29.2. The molecule has 9 heteroatoms. The van der Waals surface area contributed by atoms with Gasteiger partial charge in [0.15, 0.2) is 23.0 Å². The summed E-state index contributed by atoms with van der Waals surface area (Å²) in [7, 11) is 3.94. The van der Waals surface area contributed by atoms with Crippen molar-refractivity contribution in [3.8, 4) is 23.0 Å². The van der Waals surface area contributed by atoms with Gasteiger partial charge in [-0.05, 0) is 48.7 Å². The van der Waals surface area contributed by atoms with Crippen molar-refractivity contribution >= 4 is 17.4 Å². The molecule has 1 atom stereocenters. The third kappa shape index (κ3) is 5.72. The van der Waals surface area contributed by atoms with E-state index >= 15 is 0 Å². The van der Waals surface area contributed by atoms with Crippen molar-refractivity contribution in [3.05, 3.63) is 53.1 Å². The fourth-order valence-electron chi connectivity index (χ4n) is 4.54. The molecule has 38 heavy (non-hydrogen) atoms. The number of hydrogen-bond donors (Lipinski definition) is 1. The van der Waals surface area contributed by atoms with Gasteiger partial charge in [0.05, 0.1) is 46.4 Å². The Kier molecular flexibility index (Phi) is 8.78. The third-order valence-corrected chi connectivity index (χ3v) is 6.53. The molecule has 2 aromatic rings. The van der Waals surface area contributed by atoms with Crippen LogP contribution in [0.1, 0.15) is 43.9 Å². The van der Waals surface area contributed by atoms with Crippen molar-refractivity contribution in [1.29, 1.82) is 0 Å². The first-order valence-electron chi connectivity index (χ1n) is 13.2. The van der Waals surface area contributed by atoms with Crippen LogP contribution in [0.4, 0.5) is 0 Å². The Morgan fingerprint density at radius 3 is 2.50 bits per heavy atom. The molecule has 0 radical (unpaired) electrons. The maximum atomic E-state index is 13.8. The van der Waals surface area contributed by atoms with Gasteiger partial charge >= 0.3 is 0 Å². The number of nitrogens with zero attached hydrogens (tertiary/aromatic N) is 1. The number of amides is 1. The standard InChI is InChI=1S/C29H36N2O7/c1-5-7-14-36-21-10-8-19(17-23(21)35-6-2)26-25(28(33)29(34)31(26)13-12-30(3)4)27(32)20-9-11-22-24(18-20)38-16-15-37-22/h8-11,17-18,26,32H,5-7,12-16H2,1-4H3. The molecule has 9 nitrogen and oxygen atoms in total. The van der Waals surface area contributed by atoms with Crippen molar-refractivity contribution in [1.82, 2.24) is 4.90 Å². The molecule has 1 saturated heterocycles. The van der Waals surface area contributed by atoms with E-state index in [-0.39, 0.29) is 11.1 Å². The van der Waals surface area contributed by atoms with Crippen LogP contribution in [0.2, 0.25) is 0 Å². The molecular weight excluding hydrogens is 488 g/mol. The number of unbranched alkanes of at least 4 members (excludes halogenated alkanes) is 1. The molecule has 1 N–H and O–H groups in total. The number of benzene rings is 2. The number of ketones is 1. The molecule has 2 heterocycles. The molecule has 1 unspecified atom stereocenters. The maximum absolute atomic E-state index is 13.8. The Balaban J connectivity index is 1.80. The van der Waals surface area contributed by atoms with Crippen molar-refractivity contribution in [2.24, 2.45) is 0 Å². The van der Waals surface area contributed by atoms with Crippen LogP contribution in [0, 0.1) is 0 Å². The molecule has 0 aliphatic carbocycles. The van der Waals surface area contributed by atoms with Crippen LogP contribution in [-0.4, -0.2) is 70.2 Å². The van der Waals surface area contributed by atoms with Gasteiger partial charge in [-0.3, -0.25) is 9.59 Å². The average molecular weight is 525 g/mol. The van der Waals surface area contributed by atoms with Crippen LogP contribution in [0.5, 0.6) is 23.0 Å². The van der Waals surface area contributed by atoms with Gasteiger partial charge in [-0.1, -0.05) is 31.2 Å². The summed E-state index contributed by atoms with van der Waals surface area (Å²) in [5, 5.41) is 13.8. The summed E-state index contributed by atoms with van der Waals surface area (Å²) < 4.78 is 23.0. The lowest BCUT2D eigenvalue weighted by molar-refractivity contribution is -0.857. The van der Waals surface area contributed by atoms with Gasteiger partial charge in [0, 0.05) is 5.57 Å². The van der Waals surface area contributed by atoms with Crippen LogP contribution >= 0.6 is 0 Å². The van der Waals surface area contributed by atoms with Crippen molar-refractivity contribution in [2.45, 2.75) is 32.7 Å². The van der Waals surface area contributed by atoms with E-state index in [1.807, 2.05) is 21.0 Å². The number of nitrogens with one attached hydrogen (secondary N) is 1. The second-order valence-electron chi connectivity index (χ2n) is 9.63. The van der Waals surface area contributed by atoms with Gasteiger partial charge in [0.2, 0.25) is 5.78 Å². The van der Waals surface area contributed by atoms with Crippen LogP contribution in [0.3, 0.4) is 0 Å². The number of carbonyl (C=O) groups excluding carboxylic acids is 2. The topological polar surface area (TPSA) is 102 Å². The highest BCUT2D eigenvalue weighted by Crippen LogP contribution is 2.42. The Bertz CT molecular complexity index is 1210. The molecule has 4 rings (SSSR count). The Morgan fingerprint density at radius 2 is 1.79 bits per heavy atom. The summed E-state index contributed by atoms with van der Waals surface area (Å²) in [6, 6.07) is 9.33. The number of carbonyl (C=O) groups is 2. The molecule has 2 aliphatic rings. The van der Waals surface area contributed by atoms with Crippen molar-refractivity contribution < 1.29 is 38.5 Å². The molecule has 1 fully saturated rings. The van der Waals surface area contributed by atoms with E-state index in [1.165, 1.54) is 4.90 Å². The second kappa shape index (κ2) is 12.2. The molecule has 0 saturated carbocycles. The van der Waals surface area contributed by atoms with E-state index in [0.717, 1.165) is 17.7 Å². The zero-order valence-corrected chi connectivity index (χ0v) is 22.5.